The Morgan fingerprint density at radius 3 is 1.17 bits per heavy atom. The zero-order chi connectivity index (χ0) is 28.7. The van der Waals surface area contributed by atoms with Gasteiger partial charge in [-0.05, 0) is 57.6 Å². The zero-order valence-corrected chi connectivity index (χ0v) is 24.7. The van der Waals surface area contributed by atoms with E-state index in [1.807, 2.05) is 60.7 Å². The molecular weight excluding hydrogens is 527 g/mol. The van der Waals surface area contributed by atoms with E-state index in [0.717, 1.165) is 21.5 Å². The Hall–Kier alpha value is -4.71. The summed E-state index contributed by atoms with van der Waals surface area (Å²) in [5.41, 5.74) is 7.36. The van der Waals surface area contributed by atoms with Crippen LogP contribution in [0.3, 0.4) is 0 Å². The molecule has 1 nitrogen and oxygen atoms in total. The highest BCUT2D eigenvalue weighted by molar-refractivity contribution is 7.85. The van der Waals surface area contributed by atoms with E-state index in [-0.39, 0.29) is 0 Å². The molecule has 7 rings (SSSR count). The smallest absolute Gasteiger partial charge is 0.171 e. The fourth-order valence-corrected chi connectivity index (χ4v) is 9.08. The van der Waals surface area contributed by atoms with E-state index in [4.69, 9.17) is 0 Å². The molecule has 0 fully saturated rings. The summed E-state index contributed by atoms with van der Waals surface area (Å²) in [4.78, 5) is 0. The molecule has 0 atom stereocenters. The minimum absolute atomic E-state index is 0.837. The van der Waals surface area contributed by atoms with Crippen molar-refractivity contribution >= 4 is 44.6 Å². The third-order valence-electron chi connectivity index (χ3n) is 8.20. The van der Waals surface area contributed by atoms with Gasteiger partial charge in [-0.3, -0.25) is 0 Å². The van der Waals surface area contributed by atoms with E-state index in [9.17, 15) is 4.57 Å². The minimum Gasteiger partial charge on any atom is -0.309 e. The SMILES string of the molecule is Cc1cc(C)cc(-c2c3ccccc3c(-c3ccc(P(=O)(c4ccccc4)c4ccccc4)cc3)c3ccccc23)c1. The van der Waals surface area contributed by atoms with Crippen molar-refractivity contribution in [3.63, 3.8) is 0 Å². The van der Waals surface area contributed by atoms with Crippen molar-refractivity contribution < 1.29 is 4.57 Å². The van der Waals surface area contributed by atoms with Crippen LogP contribution in [-0.4, -0.2) is 0 Å². The quantitative estimate of drug-likeness (QED) is 0.152. The molecule has 0 unspecified atom stereocenters. The van der Waals surface area contributed by atoms with Crippen LogP contribution < -0.4 is 15.9 Å². The van der Waals surface area contributed by atoms with Crippen molar-refractivity contribution in [1.82, 2.24) is 0 Å². The van der Waals surface area contributed by atoms with Crippen LogP contribution in [0.25, 0.3) is 43.8 Å². The Balaban J connectivity index is 1.46. The van der Waals surface area contributed by atoms with Gasteiger partial charge in [0.1, 0.15) is 0 Å². The van der Waals surface area contributed by atoms with Gasteiger partial charge in [-0.1, -0.05) is 163 Å². The molecule has 7 aromatic carbocycles. The highest BCUT2D eigenvalue weighted by Crippen LogP contribution is 2.45. The third kappa shape index (κ3) is 4.38. The van der Waals surface area contributed by atoms with Crippen LogP contribution in [0.5, 0.6) is 0 Å². The van der Waals surface area contributed by atoms with Crippen molar-refractivity contribution in [2.75, 3.05) is 0 Å². The number of hydrogen-bond donors (Lipinski definition) is 0. The van der Waals surface area contributed by atoms with E-state index in [2.05, 4.69) is 105 Å². The normalized spacial score (nSPS) is 11.7. The largest absolute Gasteiger partial charge is 0.309 e. The monoisotopic (exact) mass is 558 g/mol. The lowest BCUT2D eigenvalue weighted by molar-refractivity contribution is 0.592. The van der Waals surface area contributed by atoms with E-state index >= 15 is 0 Å². The summed E-state index contributed by atoms with van der Waals surface area (Å²) < 4.78 is 14.9. The van der Waals surface area contributed by atoms with E-state index in [0.29, 0.717) is 0 Å². The van der Waals surface area contributed by atoms with Crippen LogP contribution in [0.15, 0.2) is 152 Å². The average Bonchev–Trinajstić information content (AvgIpc) is 3.03. The summed E-state index contributed by atoms with van der Waals surface area (Å²) in [6, 6.07) is 52.4. The summed E-state index contributed by atoms with van der Waals surface area (Å²) in [5, 5.41) is 7.43. The predicted molar refractivity (Wildman–Crippen MR) is 181 cm³/mol. The van der Waals surface area contributed by atoms with Gasteiger partial charge in [-0.25, -0.2) is 0 Å². The van der Waals surface area contributed by atoms with Gasteiger partial charge in [-0.2, -0.15) is 0 Å². The first kappa shape index (κ1) is 26.2. The summed E-state index contributed by atoms with van der Waals surface area (Å²) in [6.07, 6.45) is 0. The van der Waals surface area contributed by atoms with Crippen LogP contribution >= 0.6 is 7.14 Å². The molecule has 202 valence electrons. The predicted octanol–water partition coefficient (Wildman–Crippen LogP) is 9.58. The summed E-state index contributed by atoms with van der Waals surface area (Å²) in [6.45, 7) is 4.33. The van der Waals surface area contributed by atoms with Crippen LogP contribution in [-0.2, 0) is 4.57 Å². The molecule has 7 aromatic rings. The Labute approximate surface area is 247 Å². The maximum atomic E-state index is 14.9. The van der Waals surface area contributed by atoms with Crippen molar-refractivity contribution in [3.05, 3.63) is 163 Å². The van der Waals surface area contributed by atoms with Crippen LogP contribution in [0.1, 0.15) is 11.1 Å². The number of aryl methyl sites for hydroxylation is 2. The molecule has 2 heteroatoms. The highest BCUT2D eigenvalue weighted by Gasteiger charge is 2.29. The fourth-order valence-electron chi connectivity index (χ4n) is 6.43. The summed E-state index contributed by atoms with van der Waals surface area (Å²) in [5.74, 6) is 0. The molecule has 0 saturated carbocycles. The van der Waals surface area contributed by atoms with Gasteiger partial charge in [-0.15, -0.1) is 0 Å². The van der Waals surface area contributed by atoms with E-state index in [1.54, 1.807) is 0 Å². The van der Waals surface area contributed by atoms with E-state index < -0.39 is 7.14 Å². The third-order valence-corrected chi connectivity index (χ3v) is 11.3. The maximum absolute atomic E-state index is 14.9. The lowest BCUT2D eigenvalue weighted by Gasteiger charge is -2.21. The second-order valence-electron chi connectivity index (χ2n) is 11.0. The molecule has 0 saturated heterocycles. The van der Waals surface area contributed by atoms with Crippen molar-refractivity contribution in [3.8, 4) is 22.3 Å². The first-order valence-corrected chi connectivity index (χ1v) is 16.1. The molecule has 0 bridgehead atoms. The van der Waals surface area contributed by atoms with Gasteiger partial charge in [0, 0.05) is 15.9 Å². The van der Waals surface area contributed by atoms with Gasteiger partial charge in [0.2, 0.25) is 0 Å². The van der Waals surface area contributed by atoms with Gasteiger partial charge < -0.3 is 4.57 Å². The summed E-state index contributed by atoms with van der Waals surface area (Å²) in [7, 11) is -3.04. The molecule has 0 aliphatic carbocycles. The lowest BCUT2D eigenvalue weighted by Crippen LogP contribution is -2.24. The van der Waals surface area contributed by atoms with E-state index in [1.165, 1.54) is 49.4 Å². The number of fused-ring (bicyclic) bond motifs is 2. The van der Waals surface area contributed by atoms with Crippen LogP contribution in [0, 0.1) is 13.8 Å². The highest BCUT2D eigenvalue weighted by atomic mass is 31.2. The number of benzene rings is 7. The Kier molecular flexibility index (Phi) is 6.62. The second kappa shape index (κ2) is 10.6. The molecule has 0 aliphatic rings. The number of hydrogen-bond acceptors (Lipinski definition) is 1. The van der Waals surface area contributed by atoms with Gasteiger partial charge in [0.15, 0.2) is 7.14 Å². The Morgan fingerprint density at radius 1 is 0.381 bits per heavy atom. The second-order valence-corrected chi connectivity index (χ2v) is 13.8. The average molecular weight is 559 g/mol. The molecule has 0 spiro atoms. The van der Waals surface area contributed by atoms with Gasteiger partial charge in [0.25, 0.3) is 0 Å². The van der Waals surface area contributed by atoms with Crippen molar-refractivity contribution in [1.29, 1.82) is 0 Å². The molecule has 42 heavy (non-hydrogen) atoms. The fraction of sp³-hybridized carbons (Fsp3) is 0.0500. The minimum atomic E-state index is -3.04. The number of rotatable bonds is 5. The molecule has 0 N–H and O–H groups in total. The first-order valence-electron chi connectivity index (χ1n) is 14.4. The van der Waals surface area contributed by atoms with Crippen molar-refractivity contribution in [2.24, 2.45) is 0 Å². The first-order chi connectivity index (χ1) is 20.5. The molecule has 0 aromatic heterocycles. The molecule has 0 aliphatic heterocycles. The summed E-state index contributed by atoms with van der Waals surface area (Å²) >= 11 is 0. The molecule has 0 amide bonds. The van der Waals surface area contributed by atoms with Crippen LogP contribution in [0.4, 0.5) is 0 Å². The molecule has 0 heterocycles. The van der Waals surface area contributed by atoms with Gasteiger partial charge >= 0.3 is 0 Å². The zero-order valence-electron chi connectivity index (χ0n) is 23.8. The maximum Gasteiger partial charge on any atom is 0.171 e. The van der Waals surface area contributed by atoms with Gasteiger partial charge in [0.05, 0.1) is 0 Å². The standard InChI is InChI=1S/C40H31OP/c1-28-25-29(2)27-31(26-28)40-37-19-11-9-17-35(37)39(36-18-10-12-20-38(36)40)30-21-23-34(24-22-30)42(41,32-13-5-3-6-14-32)33-15-7-4-8-16-33/h3-27H,1-2H3. The molecular formula is C40H31OP. The van der Waals surface area contributed by atoms with Crippen LogP contribution in [0.2, 0.25) is 0 Å². The Morgan fingerprint density at radius 2 is 0.738 bits per heavy atom. The molecule has 0 radical (unpaired) electrons. The Bertz CT molecular complexity index is 1990. The topological polar surface area (TPSA) is 17.1 Å². The van der Waals surface area contributed by atoms with Crippen molar-refractivity contribution in [2.45, 2.75) is 13.8 Å². The lowest BCUT2D eigenvalue weighted by atomic mass is 9.85.